The van der Waals surface area contributed by atoms with Gasteiger partial charge >= 0.3 is 0 Å². The summed E-state index contributed by atoms with van der Waals surface area (Å²) in [5, 5.41) is 0. The van der Waals surface area contributed by atoms with Crippen molar-refractivity contribution in [2.24, 2.45) is 0 Å². The second-order valence-electron chi connectivity index (χ2n) is 3.07. The first-order chi connectivity index (χ1) is 4.89. The zero-order valence-corrected chi connectivity index (χ0v) is 7.42. The van der Waals surface area contributed by atoms with Crippen LogP contribution in [0.3, 0.4) is 0 Å². The predicted molar refractivity (Wildman–Crippen MR) is 47.4 cm³/mol. The Labute approximate surface area is 69.7 Å². The van der Waals surface area contributed by atoms with Crippen molar-refractivity contribution in [1.29, 1.82) is 0 Å². The van der Waals surface area contributed by atoms with Crippen LogP contribution in [0.15, 0.2) is 12.7 Å². The number of amides is 1. The molecule has 1 amide bonds. The van der Waals surface area contributed by atoms with E-state index >= 15 is 0 Å². The maximum Gasteiger partial charge on any atom is 0.219 e. The summed E-state index contributed by atoms with van der Waals surface area (Å²) in [4.78, 5) is 12.5. The van der Waals surface area contributed by atoms with E-state index in [0.29, 0.717) is 6.54 Å². The van der Waals surface area contributed by atoms with Crippen molar-refractivity contribution in [2.45, 2.75) is 26.2 Å². The van der Waals surface area contributed by atoms with Crippen LogP contribution in [0.25, 0.3) is 0 Å². The first kappa shape index (κ1) is 10.3. The maximum atomic E-state index is 11.0. The minimum Gasteiger partial charge on any atom is -0.343 e. The smallest absolute Gasteiger partial charge is 0.219 e. The van der Waals surface area contributed by atoms with E-state index < -0.39 is 5.44 Å². The van der Waals surface area contributed by atoms with Crippen molar-refractivity contribution in [1.82, 2.24) is 4.90 Å². The fourth-order valence-electron chi connectivity index (χ4n) is 0.899. The fraction of sp³-hybridized carbons (Fsp3) is 0.625. The van der Waals surface area contributed by atoms with E-state index in [1.54, 1.807) is 24.8 Å². The summed E-state index contributed by atoms with van der Waals surface area (Å²) in [6.07, 6.45) is 1.66. The molecule has 0 atom stereocenters. The molecule has 0 rings (SSSR count). The summed E-state index contributed by atoms with van der Waals surface area (Å²) >= 11 is 0. The van der Waals surface area contributed by atoms with Gasteiger partial charge in [-0.3, -0.25) is 4.79 Å². The van der Waals surface area contributed by atoms with Crippen molar-refractivity contribution in [3.05, 3.63) is 12.7 Å². The largest absolute Gasteiger partial charge is 0.343 e. The number of carbonyl (C=O) groups is 1. The zero-order chi connectivity index (χ0) is 9.07. The molecular formula is C8H14BNO. The molecule has 0 bridgehead atoms. The van der Waals surface area contributed by atoms with Crippen molar-refractivity contribution in [3.8, 4) is 0 Å². The molecule has 0 spiro atoms. The third-order valence-electron chi connectivity index (χ3n) is 1.39. The van der Waals surface area contributed by atoms with Gasteiger partial charge in [-0.1, -0.05) is 19.9 Å². The van der Waals surface area contributed by atoms with E-state index in [4.69, 9.17) is 7.85 Å². The van der Waals surface area contributed by atoms with Crippen LogP contribution in [-0.4, -0.2) is 30.6 Å². The molecule has 0 fully saturated rings. The summed E-state index contributed by atoms with van der Waals surface area (Å²) in [6.45, 7) is 9.12. The second-order valence-corrected chi connectivity index (χ2v) is 3.07. The molecule has 0 aromatic rings. The normalized spacial score (nSPS) is 10.8. The van der Waals surface area contributed by atoms with Crippen LogP contribution in [0.4, 0.5) is 0 Å². The van der Waals surface area contributed by atoms with Crippen LogP contribution in [0.5, 0.6) is 0 Å². The molecule has 0 saturated carbocycles. The average Bonchev–Trinajstić information content (AvgIpc) is 1.79. The zero-order valence-electron chi connectivity index (χ0n) is 7.42. The molecule has 0 heterocycles. The lowest BCUT2D eigenvalue weighted by Crippen LogP contribution is -2.47. The lowest BCUT2D eigenvalue weighted by Gasteiger charge is -2.34. The van der Waals surface area contributed by atoms with Crippen molar-refractivity contribution < 1.29 is 4.79 Å². The van der Waals surface area contributed by atoms with Gasteiger partial charge in [0.1, 0.15) is 7.85 Å². The quantitative estimate of drug-likeness (QED) is 0.434. The molecule has 11 heavy (non-hydrogen) atoms. The van der Waals surface area contributed by atoms with Crippen LogP contribution >= 0.6 is 0 Å². The predicted octanol–water partition coefficient (Wildman–Crippen LogP) is 0.925. The SMILES string of the molecule is [B]C(C)(C)N(CC=C)C(C)=O. The number of carbonyl (C=O) groups excluding carboxylic acids is 1. The highest BCUT2D eigenvalue weighted by Crippen LogP contribution is 2.08. The number of hydrogen-bond donors (Lipinski definition) is 0. The molecular weight excluding hydrogens is 137 g/mol. The van der Waals surface area contributed by atoms with Crippen LogP contribution in [0.2, 0.25) is 0 Å². The molecule has 3 heteroatoms. The standard InChI is InChI=1S/C8H14BNO/c1-5-6-10(7(2)11)8(3,4)9/h5H,1,6H2,2-4H3. The minimum absolute atomic E-state index is 0.0302. The van der Waals surface area contributed by atoms with Gasteiger partial charge in [0, 0.05) is 13.5 Å². The first-order valence-corrected chi connectivity index (χ1v) is 3.57. The lowest BCUT2D eigenvalue weighted by atomic mass is 9.80. The highest BCUT2D eigenvalue weighted by atomic mass is 16.2. The molecule has 0 aliphatic heterocycles. The summed E-state index contributed by atoms with van der Waals surface area (Å²) in [6, 6.07) is 0. The fourth-order valence-corrected chi connectivity index (χ4v) is 0.899. The van der Waals surface area contributed by atoms with E-state index in [1.165, 1.54) is 6.92 Å². The Balaban J connectivity index is 4.34. The van der Waals surface area contributed by atoms with Gasteiger partial charge in [0.15, 0.2) is 0 Å². The minimum atomic E-state index is -0.597. The van der Waals surface area contributed by atoms with Crippen molar-refractivity contribution in [3.63, 3.8) is 0 Å². The molecule has 2 nitrogen and oxygen atoms in total. The first-order valence-electron chi connectivity index (χ1n) is 3.57. The van der Waals surface area contributed by atoms with Gasteiger partial charge in [0.25, 0.3) is 0 Å². The van der Waals surface area contributed by atoms with Crippen LogP contribution in [0.1, 0.15) is 20.8 Å². The third kappa shape index (κ3) is 3.26. The monoisotopic (exact) mass is 151 g/mol. The van der Waals surface area contributed by atoms with E-state index in [0.717, 1.165) is 0 Å². The Hall–Kier alpha value is -0.725. The summed E-state index contributed by atoms with van der Waals surface area (Å²) in [5.41, 5.74) is -0.597. The third-order valence-corrected chi connectivity index (χ3v) is 1.39. The Kier molecular flexibility index (Phi) is 3.37. The molecule has 0 N–H and O–H groups in total. The van der Waals surface area contributed by atoms with Gasteiger partial charge in [0.05, 0.1) is 0 Å². The lowest BCUT2D eigenvalue weighted by molar-refractivity contribution is -0.130. The second kappa shape index (κ2) is 3.60. The average molecular weight is 151 g/mol. The highest BCUT2D eigenvalue weighted by Gasteiger charge is 2.21. The van der Waals surface area contributed by atoms with Gasteiger partial charge in [0.2, 0.25) is 5.91 Å². The van der Waals surface area contributed by atoms with E-state index in [9.17, 15) is 4.79 Å². The van der Waals surface area contributed by atoms with Gasteiger partial charge in [-0.05, 0) is 5.44 Å². The molecule has 0 aromatic carbocycles. The molecule has 60 valence electrons. The summed E-state index contributed by atoms with van der Waals surface area (Å²) < 4.78 is 0. The van der Waals surface area contributed by atoms with Gasteiger partial charge in [-0.25, -0.2) is 0 Å². The molecule has 0 unspecified atom stereocenters. The van der Waals surface area contributed by atoms with Crippen LogP contribution < -0.4 is 0 Å². The number of rotatable bonds is 3. The Bertz CT molecular complexity index is 160. The van der Waals surface area contributed by atoms with Crippen molar-refractivity contribution >= 4 is 13.8 Å². The summed E-state index contributed by atoms with van der Waals surface area (Å²) in [5.74, 6) is -0.0302. The Morgan fingerprint density at radius 1 is 1.73 bits per heavy atom. The Morgan fingerprint density at radius 3 is 2.27 bits per heavy atom. The molecule has 0 aromatic heterocycles. The van der Waals surface area contributed by atoms with E-state index in [1.807, 2.05) is 0 Å². The van der Waals surface area contributed by atoms with E-state index in [-0.39, 0.29) is 5.91 Å². The number of nitrogens with zero attached hydrogens (tertiary/aromatic N) is 1. The van der Waals surface area contributed by atoms with Gasteiger partial charge in [-0.15, -0.1) is 6.58 Å². The summed E-state index contributed by atoms with van der Waals surface area (Å²) in [7, 11) is 5.72. The topological polar surface area (TPSA) is 20.3 Å². The highest BCUT2D eigenvalue weighted by molar-refractivity contribution is 6.15. The molecule has 0 aliphatic carbocycles. The maximum absolute atomic E-state index is 11.0. The van der Waals surface area contributed by atoms with Crippen LogP contribution in [0, 0.1) is 0 Å². The van der Waals surface area contributed by atoms with Gasteiger partial charge < -0.3 is 4.90 Å². The molecule has 0 saturated heterocycles. The van der Waals surface area contributed by atoms with E-state index in [2.05, 4.69) is 6.58 Å². The molecule has 0 aliphatic rings. The van der Waals surface area contributed by atoms with Crippen molar-refractivity contribution in [2.75, 3.05) is 6.54 Å². The van der Waals surface area contributed by atoms with Crippen LogP contribution in [-0.2, 0) is 4.79 Å². The Morgan fingerprint density at radius 2 is 2.18 bits per heavy atom. The molecule has 2 radical (unpaired) electrons. The number of hydrogen-bond acceptors (Lipinski definition) is 1. The van der Waals surface area contributed by atoms with Gasteiger partial charge in [-0.2, -0.15) is 0 Å².